The molecule has 1 aliphatic rings. The number of nitrogens with one attached hydrogen (secondary N) is 1. The summed E-state index contributed by atoms with van der Waals surface area (Å²) in [6.07, 6.45) is 1.76. The second-order valence-electron chi connectivity index (χ2n) is 8.41. The summed E-state index contributed by atoms with van der Waals surface area (Å²) in [5, 5.41) is 7.80. The fraction of sp³-hybridized carbons (Fsp3) is 0.214. The van der Waals surface area contributed by atoms with Crippen molar-refractivity contribution in [3.05, 3.63) is 96.2 Å². The first kappa shape index (κ1) is 22.8. The van der Waals surface area contributed by atoms with Crippen molar-refractivity contribution < 1.29 is 14.3 Å². The lowest BCUT2D eigenvalue weighted by Crippen LogP contribution is -2.35. The van der Waals surface area contributed by atoms with E-state index in [-0.39, 0.29) is 5.91 Å². The SMILES string of the molecule is COc1ccccc1-c1nn(-c2ccccc2)cc1C(=O)Nc1ccc(CN2CCOCC2)cc1. The summed E-state index contributed by atoms with van der Waals surface area (Å²) in [5.41, 5.74) is 4.60. The monoisotopic (exact) mass is 468 g/mol. The van der Waals surface area contributed by atoms with E-state index in [1.165, 1.54) is 5.56 Å². The Kier molecular flexibility index (Phi) is 6.88. The van der Waals surface area contributed by atoms with Crippen molar-refractivity contribution in [2.75, 3.05) is 38.7 Å². The van der Waals surface area contributed by atoms with Gasteiger partial charge in [0, 0.05) is 37.1 Å². The fourth-order valence-electron chi connectivity index (χ4n) is 4.20. The van der Waals surface area contributed by atoms with E-state index in [9.17, 15) is 4.79 Å². The molecule has 5 rings (SSSR count). The molecule has 35 heavy (non-hydrogen) atoms. The average Bonchev–Trinajstić information content (AvgIpc) is 3.36. The highest BCUT2D eigenvalue weighted by Crippen LogP contribution is 2.32. The molecule has 0 aliphatic carbocycles. The Balaban J connectivity index is 1.41. The van der Waals surface area contributed by atoms with Gasteiger partial charge in [0.15, 0.2) is 0 Å². The lowest BCUT2D eigenvalue weighted by atomic mass is 10.1. The molecule has 7 heteroatoms. The van der Waals surface area contributed by atoms with Crippen LogP contribution in [0.25, 0.3) is 16.9 Å². The smallest absolute Gasteiger partial charge is 0.259 e. The molecule has 3 aromatic carbocycles. The van der Waals surface area contributed by atoms with Gasteiger partial charge in [0.25, 0.3) is 5.91 Å². The molecule has 1 fully saturated rings. The molecule has 1 aromatic heterocycles. The number of methoxy groups -OCH3 is 1. The van der Waals surface area contributed by atoms with Crippen molar-refractivity contribution in [3.8, 4) is 22.7 Å². The summed E-state index contributed by atoms with van der Waals surface area (Å²) in [6, 6.07) is 25.3. The van der Waals surface area contributed by atoms with Crippen LogP contribution in [0.3, 0.4) is 0 Å². The van der Waals surface area contributed by atoms with E-state index < -0.39 is 0 Å². The molecule has 0 unspecified atom stereocenters. The van der Waals surface area contributed by atoms with Crippen molar-refractivity contribution in [3.63, 3.8) is 0 Å². The number of hydrogen-bond acceptors (Lipinski definition) is 5. The van der Waals surface area contributed by atoms with Crippen LogP contribution in [0.5, 0.6) is 5.75 Å². The Morgan fingerprint density at radius 2 is 1.69 bits per heavy atom. The van der Waals surface area contributed by atoms with E-state index >= 15 is 0 Å². The Morgan fingerprint density at radius 3 is 2.43 bits per heavy atom. The van der Waals surface area contributed by atoms with Crippen LogP contribution < -0.4 is 10.1 Å². The van der Waals surface area contributed by atoms with Crippen molar-refractivity contribution in [1.29, 1.82) is 0 Å². The molecule has 178 valence electrons. The van der Waals surface area contributed by atoms with Gasteiger partial charge in [-0.25, -0.2) is 4.68 Å². The molecule has 1 aliphatic heterocycles. The number of nitrogens with zero attached hydrogens (tertiary/aromatic N) is 3. The van der Waals surface area contributed by atoms with Crippen LogP contribution in [0, 0.1) is 0 Å². The number of rotatable bonds is 7. The van der Waals surface area contributed by atoms with E-state index in [0.717, 1.165) is 49.8 Å². The number of carbonyl (C=O) groups is 1. The average molecular weight is 469 g/mol. The van der Waals surface area contributed by atoms with Gasteiger partial charge in [0.05, 0.1) is 31.6 Å². The normalized spacial score (nSPS) is 14.0. The van der Waals surface area contributed by atoms with Gasteiger partial charge < -0.3 is 14.8 Å². The molecule has 1 saturated heterocycles. The molecular formula is C28H28N4O3. The minimum Gasteiger partial charge on any atom is -0.496 e. The fourth-order valence-corrected chi connectivity index (χ4v) is 4.20. The quantitative estimate of drug-likeness (QED) is 0.428. The predicted octanol–water partition coefficient (Wildman–Crippen LogP) is 4.63. The Hall–Kier alpha value is -3.94. The zero-order chi connectivity index (χ0) is 24.0. The van der Waals surface area contributed by atoms with E-state index in [4.69, 9.17) is 14.6 Å². The zero-order valence-corrected chi connectivity index (χ0v) is 19.7. The largest absolute Gasteiger partial charge is 0.496 e. The van der Waals surface area contributed by atoms with Gasteiger partial charge in [-0.15, -0.1) is 0 Å². The molecule has 4 aromatic rings. The van der Waals surface area contributed by atoms with E-state index in [2.05, 4.69) is 22.3 Å². The Labute approximate surface area is 204 Å². The second kappa shape index (κ2) is 10.5. The van der Waals surface area contributed by atoms with Gasteiger partial charge in [-0.1, -0.05) is 42.5 Å². The number of anilines is 1. The highest BCUT2D eigenvalue weighted by Gasteiger charge is 2.21. The number of ether oxygens (including phenoxy) is 2. The molecule has 0 radical (unpaired) electrons. The Bertz CT molecular complexity index is 1280. The summed E-state index contributed by atoms with van der Waals surface area (Å²) in [4.78, 5) is 15.8. The number of benzene rings is 3. The highest BCUT2D eigenvalue weighted by molar-refractivity contribution is 6.08. The third kappa shape index (κ3) is 5.26. The van der Waals surface area contributed by atoms with Crippen molar-refractivity contribution >= 4 is 11.6 Å². The summed E-state index contributed by atoms with van der Waals surface area (Å²) in [6.45, 7) is 4.31. The lowest BCUT2D eigenvalue weighted by Gasteiger charge is -2.26. The van der Waals surface area contributed by atoms with Crippen LogP contribution >= 0.6 is 0 Å². The topological polar surface area (TPSA) is 68.6 Å². The summed E-state index contributed by atoms with van der Waals surface area (Å²) in [7, 11) is 1.62. The molecule has 7 nitrogen and oxygen atoms in total. The number of carbonyl (C=O) groups excluding carboxylic acids is 1. The van der Waals surface area contributed by atoms with Crippen molar-refractivity contribution in [1.82, 2.24) is 14.7 Å². The van der Waals surface area contributed by atoms with Crippen molar-refractivity contribution in [2.24, 2.45) is 0 Å². The third-order valence-electron chi connectivity index (χ3n) is 6.06. The van der Waals surface area contributed by atoms with Crippen LogP contribution in [-0.4, -0.2) is 54.0 Å². The molecular weight excluding hydrogens is 440 g/mol. The van der Waals surface area contributed by atoms with Crippen LogP contribution in [0.2, 0.25) is 0 Å². The maximum atomic E-state index is 13.4. The van der Waals surface area contributed by atoms with E-state index in [0.29, 0.717) is 17.0 Å². The molecule has 0 atom stereocenters. The summed E-state index contributed by atoms with van der Waals surface area (Å²) < 4.78 is 12.7. The van der Waals surface area contributed by atoms with E-state index in [1.54, 1.807) is 18.0 Å². The number of aromatic nitrogens is 2. The number of para-hydroxylation sites is 2. The molecule has 0 spiro atoms. The molecule has 2 heterocycles. The van der Waals surface area contributed by atoms with Gasteiger partial charge in [-0.05, 0) is 42.0 Å². The molecule has 1 N–H and O–H groups in total. The minimum atomic E-state index is -0.228. The highest BCUT2D eigenvalue weighted by atomic mass is 16.5. The summed E-state index contributed by atoms with van der Waals surface area (Å²) >= 11 is 0. The first-order valence-electron chi connectivity index (χ1n) is 11.7. The van der Waals surface area contributed by atoms with Gasteiger partial charge in [0.1, 0.15) is 11.4 Å². The van der Waals surface area contributed by atoms with Gasteiger partial charge in [-0.3, -0.25) is 9.69 Å². The number of hydrogen-bond donors (Lipinski definition) is 1. The third-order valence-corrected chi connectivity index (χ3v) is 6.06. The maximum Gasteiger partial charge on any atom is 0.259 e. The number of amides is 1. The predicted molar refractivity (Wildman–Crippen MR) is 136 cm³/mol. The van der Waals surface area contributed by atoms with Gasteiger partial charge >= 0.3 is 0 Å². The molecule has 0 saturated carbocycles. The zero-order valence-electron chi connectivity index (χ0n) is 19.7. The standard InChI is InChI=1S/C28H28N4O3/c1-34-26-10-6-5-9-24(26)27-25(20-32(30-27)23-7-3-2-4-8-23)28(33)29-22-13-11-21(12-14-22)19-31-15-17-35-18-16-31/h2-14,20H,15-19H2,1H3,(H,29,33). The van der Waals surface area contributed by atoms with Crippen LogP contribution in [0.1, 0.15) is 15.9 Å². The first-order valence-corrected chi connectivity index (χ1v) is 11.7. The van der Waals surface area contributed by atoms with E-state index in [1.807, 2.05) is 66.7 Å². The van der Waals surface area contributed by atoms with Gasteiger partial charge in [-0.2, -0.15) is 5.10 Å². The minimum absolute atomic E-state index is 0.228. The molecule has 1 amide bonds. The second-order valence-corrected chi connectivity index (χ2v) is 8.41. The Morgan fingerprint density at radius 1 is 0.971 bits per heavy atom. The van der Waals surface area contributed by atoms with Crippen LogP contribution in [0.4, 0.5) is 5.69 Å². The van der Waals surface area contributed by atoms with Crippen LogP contribution in [0.15, 0.2) is 85.1 Å². The van der Waals surface area contributed by atoms with Crippen LogP contribution in [-0.2, 0) is 11.3 Å². The first-order chi connectivity index (χ1) is 17.2. The van der Waals surface area contributed by atoms with Gasteiger partial charge in [0.2, 0.25) is 0 Å². The number of morpholine rings is 1. The maximum absolute atomic E-state index is 13.4. The molecule has 0 bridgehead atoms. The summed E-state index contributed by atoms with van der Waals surface area (Å²) in [5.74, 6) is 0.432. The van der Waals surface area contributed by atoms with Crippen molar-refractivity contribution in [2.45, 2.75) is 6.54 Å². The lowest BCUT2D eigenvalue weighted by molar-refractivity contribution is 0.0342.